The first-order chi connectivity index (χ1) is 8.04. The second-order valence-corrected chi connectivity index (χ2v) is 4.61. The average Bonchev–Trinajstić information content (AvgIpc) is 2.76. The first-order valence-electron chi connectivity index (χ1n) is 5.28. The van der Waals surface area contributed by atoms with Crippen LogP contribution in [0.15, 0.2) is 17.5 Å². The standard InChI is InChI=1S/C11H15NO4S/c1-2-7(11(15)16)12-8(6-10(13)14)9-4-3-5-17-9/h3-5,7-8,12H,2,6H2,1H3,(H,13,14)(H,15,16). The van der Waals surface area contributed by atoms with Crippen LogP contribution in [-0.4, -0.2) is 28.2 Å². The van der Waals surface area contributed by atoms with Crippen molar-refractivity contribution in [3.63, 3.8) is 0 Å². The lowest BCUT2D eigenvalue weighted by Gasteiger charge is -2.20. The van der Waals surface area contributed by atoms with Gasteiger partial charge in [0.15, 0.2) is 0 Å². The Labute approximate surface area is 103 Å². The van der Waals surface area contributed by atoms with E-state index < -0.39 is 24.0 Å². The molecule has 0 bridgehead atoms. The van der Waals surface area contributed by atoms with Crippen LogP contribution in [0, 0.1) is 0 Å². The minimum absolute atomic E-state index is 0.121. The van der Waals surface area contributed by atoms with Gasteiger partial charge in [0.1, 0.15) is 6.04 Å². The highest BCUT2D eigenvalue weighted by Crippen LogP contribution is 2.23. The minimum Gasteiger partial charge on any atom is -0.481 e. The number of aliphatic carboxylic acids is 2. The third-order valence-corrected chi connectivity index (χ3v) is 3.36. The molecule has 2 unspecified atom stereocenters. The van der Waals surface area contributed by atoms with E-state index in [1.807, 2.05) is 11.4 Å². The van der Waals surface area contributed by atoms with Crippen LogP contribution >= 0.6 is 11.3 Å². The van der Waals surface area contributed by atoms with Crippen LogP contribution in [0.1, 0.15) is 30.7 Å². The Morgan fingerprint density at radius 1 is 1.47 bits per heavy atom. The minimum atomic E-state index is -0.959. The molecule has 0 aliphatic heterocycles. The fraction of sp³-hybridized carbons (Fsp3) is 0.455. The summed E-state index contributed by atoms with van der Waals surface area (Å²) in [6.45, 7) is 1.75. The second-order valence-electron chi connectivity index (χ2n) is 3.63. The molecule has 0 radical (unpaired) electrons. The van der Waals surface area contributed by atoms with E-state index in [4.69, 9.17) is 10.2 Å². The van der Waals surface area contributed by atoms with E-state index in [0.717, 1.165) is 4.88 Å². The van der Waals surface area contributed by atoms with Crippen molar-refractivity contribution >= 4 is 23.3 Å². The van der Waals surface area contributed by atoms with Gasteiger partial charge in [-0.2, -0.15) is 0 Å². The van der Waals surface area contributed by atoms with Crippen LogP contribution < -0.4 is 5.32 Å². The molecule has 1 aromatic heterocycles. The van der Waals surface area contributed by atoms with Crippen molar-refractivity contribution < 1.29 is 19.8 Å². The first kappa shape index (κ1) is 13.7. The quantitative estimate of drug-likeness (QED) is 0.692. The van der Waals surface area contributed by atoms with E-state index >= 15 is 0 Å². The molecule has 6 heteroatoms. The second kappa shape index (κ2) is 6.36. The molecule has 1 aromatic rings. The number of thiophene rings is 1. The number of carbonyl (C=O) groups is 2. The molecule has 5 nitrogen and oxygen atoms in total. The molecule has 0 saturated heterocycles. The number of carboxylic acid groups (broad SMARTS) is 2. The fourth-order valence-corrected chi connectivity index (χ4v) is 2.30. The van der Waals surface area contributed by atoms with Gasteiger partial charge in [-0.15, -0.1) is 11.3 Å². The van der Waals surface area contributed by atoms with Gasteiger partial charge in [-0.05, 0) is 17.9 Å². The summed E-state index contributed by atoms with van der Waals surface area (Å²) in [7, 11) is 0. The molecule has 0 aromatic carbocycles. The van der Waals surface area contributed by atoms with E-state index in [1.165, 1.54) is 11.3 Å². The third kappa shape index (κ3) is 4.16. The van der Waals surface area contributed by atoms with Crippen LogP contribution in [0.4, 0.5) is 0 Å². The highest BCUT2D eigenvalue weighted by Gasteiger charge is 2.23. The Morgan fingerprint density at radius 3 is 2.59 bits per heavy atom. The zero-order valence-corrected chi connectivity index (χ0v) is 10.2. The SMILES string of the molecule is CCC(NC(CC(=O)O)c1cccs1)C(=O)O. The number of hydrogen-bond donors (Lipinski definition) is 3. The molecular formula is C11H15NO4S. The smallest absolute Gasteiger partial charge is 0.320 e. The topological polar surface area (TPSA) is 86.6 Å². The lowest BCUT2D eigenvalue weighted by Crippen LogP contribution is -2.39. The number of hydrogen-bond acceptors (Lipinski definition) is 4. The van der Waals surface area contributed by atoms with E-state index in [-0.39, 0.29) is 6.42 Å². The maximum atomic E-state index is 10.9. The Bertz CT molecular complexity index is 377. The molecular weight excluding hydrogens is 242 g/mol. The number of rotatable bonds is 7. The predicted molar refractivity (Wildman–Crippen MR) is 64.2 cm³/mol. The largest absolute Gasteiger partial charge is 0.481 e. The van der Waals surface area contributed by atoms with E-state index in [0.29, 0.717) is 6.42 Å². The molecule has 2 atom stereocenters. The maximum Gasteiger partial charge on any atom is 0.320 e. The summed E-state index contributed by atoms with van der Waals surface area (Å²) >= 11 is 1.42. The van der Waals surface area contributed by atoms with E-state index in [2.05, 4.69) is 5.32 Å². The highest BCUT2D eigenvalue weighted by atomic mass is 32.1. The van der Waals surface area contributed by atoms with Crippen molar-refractivity contribution in [1.29, 1.82) is 0 Å². The Hall–Kier alpha value is -1.40. The summed E-state index contributed by atoms with van der Waals surface area (Å²) in [6, 6.07) is 2.45. The predicted octanol–water partition coefficient (Wildman–Crippen LogP) is 1.72. The monoisotopic (exact) mass is 257 g/mol. The summed E-state index contributed by atoms with van der Waals surface area (Å²) in [5.74, 6) is -1.91. The van der Waals surface area contributed by atoms with Gasteiger partial charge in [0.25, 0.3) is 0 Å². The van der Waals surface area contributed by atoms with Crippen LogP contribution in [0.3, 0.4) is 0 Å². The van der Waals surface area contributed by atoms with Gasteiger partial charge >= 0.3 is 11.9 Å². The Morgan fingerprint density at radius 2 is 2.18 bits per heavy atom. The van der Waals surface area contributed by atoms with E-state index in [9.17, 15) is 9.59 Å². The van der Waals surface area contributed by atoms with Gasteiger partial charge in [0.05, 0.1) is 12.5 Å². The first-order valence-corrected chi connectivity index (χ1v) is 6.16. The van der Waals surface area contributed by atoms with Gasteiger partial charge < -0.3 is 10.2 Å². The van der Waals surface area contributed by atoms with Crippen LogP contribution in [0.25, 0.3) is 0 Å². The van der Waals surface area contributed by atoms with Gasteiger partial charge in [-0.25, -0.2) is 0 Å². The van der Waals surface area contributed by atoms with Gasteiger partial charge in [0.2, 0.25) is 0 Å². The van der Waals surface area contributed by atoms with Crippen molar-refractivity contribution in [3.05, 3.63) is 22.4 Å². The summed E-state index contributed by atoms with van der Waals surface area (Å²) in [6.07, 6.45) is 0.293. The zero-order valence-electron chi connectivity index (χ0n) is 9.42. The summed E-state index contributed by atoms with van der Waals surface area (Å²) < 4.78 is 0. The average molecular weight is 257 g/mol. The summed E-state index contributed by atoms with van der Waals surface area (Å²) in [5.41, 5.74) is 0. The lowest BCUT2D eigenvalue weighted by atomic mass is 10.1. The fourth-order valence-electron chi connectivity index (χ4n) is 1.51. The maximum absolute atomic E-state index is 10.9. The molecule has 3 N–H and O–H groups in total. The third-order valence-electron chi connectivity index (χ3n) is 2.37. The molecule has 0 amide bonds. The van der Waals surface area contributed by atoms with Crippen molar-refractivity contribution in [3.8, 4) is 0 Å². The van der Waals surface area contributed by atoms with Crippen molar-refractivity contribution in [2.24, 2.45) is 0 Å². The summed E-state index contributed by atoms with van der Waals surface area (Å²) in [5, 5.41) is 22.5. The number of nitrogens with one attached hydrogen (secondary N) is 1. The zero-order chi connectivity index (χ0) is 12.8. The van der Waals surface area contributed by atoms with Crippen molar-refractivity contribution in [2.45, 2.75) is 31.8 Å². The van der Waals surface area contributed by atoms with E-state index in [1.54, 1.807) is 13.0 Å². The summed E-state index contributed by atoms with van der Waals surface area (Å²) in [4.78, 5) is 22.5. The highest BCUT2D eigenvalue weighted by molar-refractivity contribution is 7.10. The molecule has 1 heterocycles. The molecule has 0 saturated carbocycles. The molecule has 0 aliphatic carbocycles. The molecule has 0 fully saturated rings. The van der Waals surface area contributed by atoms with Crippen molar-refractivity contribution in [1.82, 2.24) is 5.32 Å². The van der Waals surface area contributed by atoms with Gasteiger partial charge in [-0.1, -0.05) is 13.0 Å². The van der Waals surface area contributed by atoms with Crippen LogP contribution in [0.5, 0.6) is 0 Å². The Balaban J connectivity index is 2.77. The lowest BCUT2D eigenvalue weighted by molar-refractivity contribution is -0.141. The molecule has 17 heavy (non-hydrogen) atoms. The Kier molecular flexibility index (Phi) is 5.11. The molecule has 94 valence electrons. The molecule has 0 aliphatic rings. The molecule has 1 rings (SSSR count). The van der Waals surface area contributed by atoms with Crippen LogP contribution in [-0.2, 0) is 9.59 Å². The van der Waals surface area contributed by atoms with Crippen LogP contribution in [0.2, 0.25) is 0 Å². The number of carboxylic acids is 2. The van der Waals surface area contributed by atoms with Gasteiger partial charge in [0, 0.05) is 4.88 Å². The normalized spacial score (nSPS) is 14.2. The van der Waals surface area contributed by atoms with Crippen molar-refractivity contribution in [2.75, 3.05) is 0 Å². The molecule has 0 spiro atoms. The van der Waals surface area contributed by atoms with Gasteiger partial charge in [-0.3, -0.25) is 14.9 Å².